The van der Waals surface area contributed by atoms with E-state index in [4.69, 9.17) is 0 Å². The minimum Gasteiger partial charge on any atom is -0.0764 e. The number of hydrogen-bond donors (Lipinski definition) is 0. The Morgan fingerprint density at radius 1 is 1.00 bits per heavy atom. The number of allylic oxidation sites excluding steroid dienone is 1. The molecule has 0 nitrogen and oxygen atoms in total. The third kappa shape index (κ3) is 2.08. The topological polar surface area (TPSA) is 0 Å². The van der Waals surface area contributed by atoms with Crippen molar-refractivity contribution in [1.29, 1.82) is 0 Å². The molecule has 0 heterocycles. The van der Waals surface area contributed by atoms with Gasteiger partial charge in [0.05, 0.1) is 0 Å². The first-order chi connectivity index (χ1) is 8.88. The monoisotopic (exact) mass is 236 g/mol. The van der Waals surface area contributed by atoms with Crippen molar-refractivity contribution >= 4 is 16.8 Å². The van der Waals surface area contributed by atoms with Crippen LogP contribution in [0.5, 0.6) is 0 Å². The van der Waals surface area contributed by atoms with Crippen LogP contribution in [0.4, 0.5) is 0 Å². The van der Waals surface area contributed by atoms with Crippen LogP contribution in [0.15, 0.2) is 42.5 Å². The Balaban J connectivity index is 1.90. The van der Waals surface area contributed by atoms with Crippen molar-refractivity contribution in [2.75, 3.05) is 0 Å². The van der Waals surface area contributed by atoms with Crippen molar-refractivity contribution in [1.82, 2.24) is 0 Å². The van der Waals surface area contributed by atoms with Gasteiger partial charge in [0.25, 0.3) is 0 Å². The van der Waals surface area contributed by atoms with Crippen LogP contribution in [0.3, 0.4) is 0 Å². The Labute approximate surface area is 109 Å². The first-order valence-electron chi connectivity index (χ1n) is 7.09. The second-order valence-corrected chi connectivity index (χ2v) is 5.29. The molecule has 0 aromatic heterocycles. The fraction of sp³-hybridized carbons (Fsp3) is 0.333. The summed E-state index contributed by atoms with van der Waals surface area (Å²) in [5, 5.41) is 2.73. The van der Waals surface area contributed by atoms with Gasteiger partial charge < -0.3 is 0 Å². The van der Waals surface area contributed by atoms with Gasteiger partial charge in [-0.05, 0) is 40.5 Å². The Bertz CT molecular complexity index is 578. The van der Waals surface area contributed by atoms with Gasteiger partial charge in [-0.25, -0.2) is 0 Å². The maximum atomic E-state index is 2.39. The average Bonchev–Trinajstić information content (AvgIpc) is 2.79. The van der Waals surface area contributed by atoms with Gasteiger partial charge in [-0.2, -0.15) is 0 Å². The molecule has 3 rings (SSSR count). The fourth-order valence-corrected chi connectivity index (χ4v) is 2.93. The van der Waals surface area contributed by atoms with Crippen molar-refractivity contribution in [3.8, 4) is 0 Å². The maximum absolute atomic E-state index is 2.39. The molecule has 1 aliphatic rings. The molecule has 0 N–H and O–H groups in total. The summed E-state index contributed by atoms with van der Waals surface area (Å²) in [6.45, 7) is 2.27. The van der Waals surface area contributed by atoms with Gasteiger partial charge in [0.2, 0.25) is 0 Å². The van der Waals surface area contributed by atoms with E-state index in [2.05, 4.69) is 55.5 Å². The molecular formula is C18H20. The van der Waals surface area contributed by atoms with Gasteiger partial charge in [0.1, 0.15) is 0 Å². The van der Waals surface area contributed by atoms with Crippen LogP contribution in [0.1, 0.15) is 49.7 Å². The van der Waals surface area contributed by atoms with E-state index >= 15 is 0 Å². The molecule has 0 heteroatoms. The lowest BCUT2D eigenvalue weighted by Crippen LogP contribution is -1.93. The summed E-state index contributed by atoms with van der Waals surface area (Å²) in [4.78, 5) is 0. The highest BCUT2D eigenvalue weighted by atomic mass is 14.2. The Morgan fingerprint density at radius 2 is 1.78 bits per heavy atom. The number of hydrogen-bond acceptors (Lipinski definition) is 0. The molecule has 1 aliphatic carbocycles. The van der Waals surface area contributed by atoms with Crippen LogP contribution in [0.2, 0.25) is 0 Å². The summed E-state index contributed by atoms with van der Waals surface area (Å²) < 4.78 is 0. The van der Waals surface area contributed by atoms with E-state index < -0.39 is 0 Å². The van der Waals surface area contributed by atoms with Crippen LogP contribution < -0.4 is 0 Å². The fourth-order valence-electron chi connectivity index (χ4n) is 2.93. The molecule has 0 bridgehead atoms. The summed E-state index contributed by atoms with van der Waals surface area (Å²) in [5.74, 6) is 0.649. The lowest BCUT2D eigenvalue weighted by atomic mass is 9.93. The molecule has 0 fully saturated rings. The third-order valence-electron chi connectivity index (χ3n) is 3.98. The molecule has 0 radical (unpaired) electrons. The smallest absolute Gasteiger partial charge is 0.00274 e. The molecule has 1 unspecified atom stereocenters. The van der Waals surface area contributed by atoms with Gasteiger partial charge in [0.15, 0.2) is 0 Å². The molecule has 18 heavy (non-hydrogen) atoms. The van der Waals surface area contributed by atoms with Crippen molar-refractivity contribution in [3.05, 3.63) is 53.6 Å². The Hall–Kier alpha value is -1.56. The minimum atomic E-state index is 0.649. The van der Waals surface area contributed by atoms with Gasteiger partial charge >= 0.3 is 0 Å². The molecule has 2 aromatic carbocycles. The summed E-state index contributed by atoms with van der Waals surface area (Å²) >= 11 is 0. The highest BCUT2D eigenvalue weighted by molar-refractivity contribution is 5.87. The van der Waals surface area contributed by atoms with Gasteiger partial charge in [-0.3, -0.25) is 0 Å². The lowest BCUT2D eigenvalue weighted by molar-refractivity contribution is 0.633. The van der Waals surface area contributed by atoms with Crippen molar-refractivity contribution in [3.63, 3.8) is 0 Å². The van der Waals surface area contributed by atoms with Crippen LogP contribution in [0, 0.1) is 0 Å². The zero-order valence-electron chi connectivity index (χ0n) is 11.0. The quantitative estimate of drug-likeness (QED) is 0.612. The predicted octanol–water partition coefficient (Wildman–Crippen LogP) is 5.53. The van der Waals surface area contributed by atoms with Crippen molar-refractivity contribution < 1.29 is 0 Å². The molecule has 0 amide bonds. The van der Waals surface area contributed by atoms with Crippen molar-refractivity contribution in [2.45, 2.75) is 38.5 Å². The molecule has 0 aliphatic heterocycles. The standard InChI is InChI=1S/C18H20/c1-2-3-4-7-14-10-11-17-12-15-8-5-6-9-16(15)13-18(14)17/h5-6,8-14H,2-4,7H2,1H3. The number of benzene rings is 2. The van der Waals surface area contributed by atoms with E-state index in [-0.39, 0.29) is 0 Å². The van der Waals surface area contributed by atoms with E-state index in [9.17, 15) is 0 Å². The molecular weight excluding hydrogens is 216 g/mol. The van der Waals surface area contributed by atoms with Gasteiger partial charge in [0, 0.05) is 5.92 Å². The maximum Gasteiger partial charge on any atom is 0.00274 e. The molecule has 0 saturated carbocycles. The van der Waals surface area contributed by atoms with Gasteiger partial charge in [-0.1, -0.05) is 62.6 Å². The third-order valence-corrected chi connectivity index (χ3v) is 3.98. The van der Waals surface area contributed by atoms with Crippen LogP contribution in [-0.2, 0) is 0 Å². The van der Waals surface area contributed by atoms with E-state index in [0.717, 1.165) is 0 Å². The van der Waals surface area contributed by atoms with E-state index in [1.165, 1.54) is 47.6 Å². The molecule has 2 aromatic rings. The molecule has 92 valence electrons. The normalized spacial score (nSPS) is 17.3. The molecule has 1 atom stereocenters. The second kappa shape index (κ2) is 4.97. The van der Waals surface area contributed by atoms with E-state index in [0.29, 0.717) is 5.92 Å². The summed E-state index contributed by atoms with van der Waals surface area (Å²) in [7, 11) is 0. The number of unbranched alkanes of at least 4 members (excludes halogenated alkanes) is 2. The number of fused-ring (bicyclic) bond motifs is 2. The summed E-state index contributed by atoms with van der Waals surface area (Å²) in [5.41, 5.74) is 2.96. The van der Waals surface area contributed by atoms with Crippen LogP contribution in [0.25, 0.3) is 16.8 Å². The first-order valence-corrected chi connectivity index (χ1v) is 7.09. The highest BCUT2D eigenvalue weighted by Crippen LogP contribution is 2.36. The zero-order valence-corrected chi connectivity index (χ0v) is 11.0. The average molecular weight is 236 g/mol. The zero-order chi connectivity index (χ0) is 12.4. The summed E-state index contributed by atoms with van der Waals surface area (Å²) in [6.07, 6.45) is 10.00. The van der Waals surface area contributed by atoms with E-state index in [1.54, 1.807) is 0 Å². The Morgan fingerprint density at radius 3 is 2.56 bits per heavy atom. The summed E-state index contributed by atoms with van der Waals surface area (Å²) in [6, 6.07) is 13.4. The molecule has 0 saturated heterocycles. The van der Waals surface area contributed by atoms with E-state index in [1.807, 2.05) is 0 Å². The number of rotatable bonds is 4. The predicted molar refractivity (Wildman–Crippen MR) is 79.9 cm³/mol. The second-order valence-electron chi connectivity index (χ2n) is 5.29. The first kappa shape index (κ1) is 11.5. The SMILES string of the molecule is CCCCCC1C=Cc2cc3ccccc3cc21. The van der Waals surface area contributed by atoms with Crippen molar-refractivity contribution in [2.24, 2.45) is 0 Å². The molecule has 0 spiro atoms. The van der Waals surface area contributed by atoms with Crippen LogP contribution in [-0.4, -0.2) is 0 Å². The Kier molecular flexibility index (Phi) is 3.19. The highest BCUT2D eigenvalue weighted by Gasteiger charge is 2.17. The van der Waals surface area contributed by atoms with Crippen LogP contribution >= 0.6 is 0 Å². The lowest BCUT2D eigenvalue weighted by Gasteiger charge is -2.11. The minimum absolute atomic E-state index is 0.649. The van der Waals surface area contributed by atoms with Gasteiger partial charge in [-0.15, -0.1) is 0 Å². The largest absolute Gasteiger partial charge is 0.0764 e.